The number of benzene rings is 1. The van der Waals surface area contributed by atoms with Gasteiger partial charge in [-0.25, -0.2) is 4.79 Å². The van der Waals surface area contributed by atoms with E-state index < -0.39 is 5.97 Å². The summed E-state index contributed by atoms with van der Waals surface area (Å²) >= 11 is 0. The minimum atomic E-state index is -0.984. The summed E-state index contributed by atoms with van der Waals surface area (Å²) < 4.78 is 4.92. The van der Waals surface area contributed by atoms with Crippen molar-refractivity contribution in [3.8, 4) is 0 Å². The quantitative estimate of drug-likeness (QED) is 0.518. The molecule has 4 N–H and O–H groups in total. The van der Waals surface area contributed by atoms with Crippen LogP contribution in [0.4, 0.5) is 5.69 Å². The first-order valence-corrected chi connectivity index (χ1v) is 5.00. The second kappa shape index (κ2) is 5.86. The van der Waals surface area contributed by atoms with Crippen molar-refractivity contribution in [3.05, 3.63) is 29.8 Å². The number of methoxy groups -OCH3 is 1. The Hall–Kier alpha value is -2.08. The number of carbonyl (C=O) groups is 1. The molecule has 0 saturated heterocycles. The van der Waals surface area contributed by atoms with Crippen LogP contribution < -0.4 is 10.6 Å². The van der Waals surface area contributed by atoms with Gasteiger partial charge in [-0.15, -0.1) is 0 Å². The van der Waals surface area contributed by atoms with Crippen LogP contribution in [0, 0.1) is 5.41 Å². The van der Waals surface area contributed by atoms with Crippen LogP contribution in [0.25, 0.3) is 0 Å². The normalized spacial score (nSPS) is 9.94. The average molecular weight is 237 g/mol. The highest BCUT2D eigenvalue weighted by Gasteiger charge is 2.10. The Kier molecular flexibility index (Phi) is 4.47. The minimum absolute atomic E-state index is 0.106. The smallest absolute Gasteiger partial charge is 0.335 e. The summed E-state index contributed by atoms with van der Waals surface area (Å²) in [4.78, 5) is 12.2. The fraction of sp³-hybridized carbons (Fsp3) is 0.273. The van der Waals surface area contributed by atoms with Crippen molar-refractivity contribution in [1.82, 2.24) is 0 Å². The van der Waals surface area contributed by atoms with Crippen molar-refractivity contribution in [3.63, 3.8) is 0 Å². The predicted octanol–water partition coefficient (Wildman–Crippen LogP) is 0.731. The van der Waals surface area contributed by atoms with Crippen LogP contribution in [0.3, 0.4) is 0 Å². The van der Waals surface area contributed by atoms with Crippen molar-refractivity contribution in [2.24, 2.45) is 5.73 Å². The van der Waals surface area contributed by atoms with Gasteiger partial charge in [-0.2, -0.15) is 0 Å². The summed E-state index contributed by atoms with van der Waals surface area (Å²) in [5, 5.41) is 16.2. The van der Waals surface area contributed by atoms with E-state index in [1.165, 1.54) is 17.0 Å². The highest BCUT2D eigenvalue weighted by Crippen LogP contribution is 2.14. The number of anilines is 1. The van der Waals surface area contributed by atoms with Gasteiger partial charge in [0.25, 0.3) is 0 Å². The fourth-order valence-corrected chi connectivity index (χ4v) is 1.36. The van der Waals surface area contributed by atoms with Crippen molar-refractivity contribution >= 4 is 17.6 Å². The average Bonchev–Trinajstić information content (AvgIpc) is 2.29. The Balaban J connectivity index is 2.87. The Morgan fingerprint density at radius 2 is 2.06 bits per heavy atom. The van der Waals surface area contributed by atoms with Crippen LogP contribution in [0.1, 0.15) is 10.4 Å². The van der Waals surface area contributed by atoms with E-state index >= 15 is 0 Å². The van der Waals surface area contributed by atoms with E-state index in [0.29, 0.717) is 18.8 Å². The molecule has 0 aliphatic heterocycles. The molecule has 17 heavy (non-hydrogen) atoms. The molecule has 1 aromatic rings. The number of aromatic carboxylic acids is 1. The molecule has 92 valence electrons. The van der Waals surface area contributed by atoms with Crippen LogP contribution in [0.2, 0.25) is 0 Å². The number of carboxylic acid groups (broad SMARTS) is 1. The maximum atomic E-state index is 10.7. The molecule has 1 rings (SSSR count). The molecule has 0 aliphatic carbocycles. The molecule has 0 spiro atoms. The van der Waals surface area contributed by atoms with Gasteiger partial charge >= 0.3 is 5.97 Å². The van der Waals surface area contributed by atoms with Crippen molar-refractivity contribution < 1.29 is 14.6 Å². The second-order valence-corrected chi connectivity index (χ2v) is 3.38. The van der Waals surface area contributed by atoms with Crippen molar-refractivity contribution in [2.45, 2.75) is 0 Å². The van der Waals surface area contributed by atoms with E-state index in [-0.39, 0.29) is 11.5 Å². The lowest BCUT2D eigenvalue weighted by atomic mass is 10.2. The number of nitrogens with zero attached hydrogens (tertiary/aromatic N) is 1. The van der Waals surface area contributed by atoms with E-state index in [4.69, 9.17) is 21.0 Å². The lowest BCUT2D eigenvalue weighted by Crippen LogP contribution is -2.38. The third-order valence-corrected chi connectivity index (χ3v) is 2.24. The Labute approximate surface area is 99.1 Å². The number of ether oxygens (including phenoxy) is 1. The first-order valence-electron chi connectivity index (χ1n) is 5.00. The van der Waals surface area contributed by atoms with Crippen molar-refractivity contribution in [2.75, 3.05) is 25.2 Å². The summed E-state index contributed by atoms with van der Waals surface area (Å²) in [7, 11) is 1.56. The van der Waals surface area contributed by atoms with Gasteiger partial charge in [0.15, 0.2) is 5.96 Å². The van der Waals surface area contributed by atoms with Gasteiger partial charge in [0, 0.05) is 19.3 Å². The Morgan fingerprint density at radius 3 is 2.47 bits per heavy atom. The molecule has 0 bridgehead atoms. The third kappa shape index (κ3) is 3.46. The minimum Gasteiger partial charge on any atom is -0.478 e. The SMILES string of the molecule is COCCN(C(=N)N)c1ccc(C(=O)O)cc1. The van der Waals surface area contributed by atoms with Crippen LogP contribution >= 0.6 is 0 Å². The number of carboxylic acids is 1. The lowest BCUT2D eigenvalue weighted by Gasteiger charge is -2.22. The number of nitrogens with two attached hydrogens (primary N) is 1. The second-order valence-electron chi connectivity index (χ2n) is 3.38. The molecule has 0 aliphatic rings. The highest BCUT2D eigenvalue weighted by atomic mass is 16.5. The molecule has 0 unspecified atom stereocenters. The zero-order chi connectivity index (χ0) is 12.8. The molecule has 0 atom stereocenters. The summed E-state index contributed by atoms with van der Waals surface area (Å²) in [5.74, 6) is -1.09. The molecule has 1 aromatic carbocycles. The third-order valence-electron chi connectivity index (χ3n) is 2.24. The zero-order valence-corrected chi connectivity index (χ0v) is 9.51. The molecule has 6 heteroatoms. The largest absolute Gasteiger partial charge is 0.478 e. The molecule has 0 saturated carbocycles. The summed E-state index contributed by atoms with van der Waals surface area (Å²) in [6, 6.07) is 6.17. The van der Waals surface area contributed by atoms with Crippen LogP contribution in [0.5, 0.6) is 0 Å². The van der Waals surface area contributed by atoms with Gasteiger partial charge in [0.2, 0.25) is 0 Å². The number of hydrogen-bond donors (Lipinski definition) is 3. The number of hydrogen-bond acceptors (Lipinski definition) is 3. The van der Waals surface area contributed by atoms with E-state index in [1.54, 1.807) is 19.2 Å². The standard InChI is InChI=1S/C11H15N3O3/c1-17-7-6-14(11(12)13)9-4-2-8(3-5-9)10(15)16/h2-5H,6-7H2,1H3,(H3,12,13)(H,15,16). The molecule has 0 amide bonds. The molecule has 0 aromatic heterocycles. The van der Waals surface area contributed by atoms with Gasteiger partial charge < -0.3 is 20.5 Å². The maximum Gasteiger partial charge on any atom is 0.335 e. The molecule has 6 nitrogen and oxygen atoms in total. The first-order chi connectivity index (χ1) is 8.06. The Bertz CT molecular complexity index is 403. The summed E-state index contributed by atoms with van der Waals surface area (Å²) in [6.45, 7) is 0.874. The van der Waals surface area contributed by atoms with Gasteiger partial charge in [-0.05, 0) is 24.3 Å². The lowest BCUT2D eigenvalue weighted by molar-refractivity contribution is 0.0697. The first kappa shape index (κ1) is 13.0. The van der Waals surface area contributed by atoms with Crippen LogP contribution in [-0.2, 0) is 4.74 Å². The number of nitrogens with one attached hydrogen (secondary N) is 1. The monoisotopic (exact) mass is 237 g/mol. The molecule has 0 heterocycles. The molecule has 0 fully saturated rings. The van der Waals surface area contributed by atoms with E-state index in [0.717, 1.165) is 0 Å². The highest BCUT2D eigenvalue weighted by molar-refractivity contribution is 5.93. The Morgan fingerprint density at radius 1 is 1.47 bits per heavy atom. The molecule has 0 radical (unpaired) electrons. The topological polar surface area (TPSA) is 99.6 Å². The van der Waals surface area contributed by atoms with Gasteiger partial charge in [-0.1, -0.05) is 0 Å². The van der Waals surface area contributed by atoms with E-state index in [9.17, 15) is 4.79 Å². The van der Waals surface area contributed by atoms with Crippen molar-refractivity contribution in [1.29, 1.82) is 5.41 Å². The number of rotatable bonds is 5. The zero-order valence-electron chi connectivity index (χ0n) is 9.51. The van der Waals surface area contributed by atoms with E-state index in [2.05, 4.69) is 0 Å². The van der Waals surface area contributed by atoms with Gasteiger partial charge in [-0.3, -0.25) is 5.41 Å². The molecular weight excluding hydrogens is 222 g/mol. The predicted molar refractivity (Wildman–Crippen MR) is 64.5 cm³/mol. The van der Waals surface area contributed by atoms with Crippen LogP contribution in [-0.4, -0.2) is 37.3 Å². The fourth-order valence-electron chi connectivity index (χ4n) is 1.36. The van der Waals surface area contributed by atoms with Crippen LogP contribution in [0.15, 0.2) is 24.3 Å². The summed E-state index contributed by atoms with van der Waals surface area (Å²) in [6.07, 6.45) is 0. The summed E-state index contributed by atoms with van der Waals surface area (Å²) in [5.41, 5.74) is 6.31. The number of guanidine groups is 1. The maximum absolute atomic E-state index is 10.7. The van der Waals surface area contributed by atoms with E-state index in [1.807, 2.05) is 0 Å². The molecular formula is C11H15N3O3. The van der Waals surface area contributed by atoms with Gasteiger partial charge in [0.1, 0.15) is 0 Å². The van der Waals surface area contributed by atoms with Gasteiger partial charge in [0.05, 0.1) is 12.2 Å².